The summed E-state index contributed by atoms with van der Waals surface area (Å²) in [6, 6.07) is 17.5. The molecule has 0 unspecified atom stereocenters. The number of para-hydroxylation sites is 2. The fourth-order valence-corrected chi connectivity index (χ4v) is 1.98. The molecule has 2 aromatic rings. The first-order valence-electron chi connectivity index (χ1n) is 5.52. The molecule has 92 valence electrons. The Morgan fingerprint density at radius 3 is 2.28 bits per heavy atom. The second-order valence-electron chi connectivity index (χ2n) is 3.76. The summed E-state index contributed by atoms with van der Waals surface area (Å²) in [7, 11) is 0. The first-order chi connectivity index (χ1) is 8.68. The van der Waals surface area contributed by atoms with Gasteiger partial charge in [0.25, 0.3) is 0 Å². The summed E-state index contributed by atoms with van der Waals surface area (Å²) in [5.74, 6) is 1.57. The van der Waals surface area contributed by atoms with E-state index < -0.39 is 0 Å². The Morgan fingerprint density at radius 1 is 1.00 bits per heavy atom. The summed E-state index contributed by atoms with van der Waals surface area (Å²) in [6.07, 6.45) is 0. The molecule has 3 heteroatoms. The molecule has 0 heterocycles. The largest absolute Gasteiger partial charge is 0.457 e. The quantitative estimate of drug-likeness (QED) is 0.617. The van der Waals surface area contributed by atoms with Crippen LogP contribution in [0.15, 0.2) is 58.2 Å². The zero-order valence-electron chi connectivity index (χ0n) is 9.86. The van der Waals surface area contributed by atoms with E-state index in [0.717, 1.165) is 25.7 Å². The maximum atomic E-state index is 6.30. The molecular formula is C15H12ClIO. The Bertz CT molecular complexity index is 560. The summed E-state index contributed by atoms with van der Waals surface area (Å²) in [6.45, 7) is 1.97. The van der Waals surface area contributed by atoms with Crippen molar-refractivity contribution in [3.63, 3.8) is 0 Å². The van der Waals surface area contributed by atoms with Gasteiger partial charge >= 0.3 is 0 Å². The number of hydrogen-bond donors (Lipinski definition) is 0. The van der Waals surface area contributed by atoms with E-state index in [0.29, 0.717) is 0 Å². The summed E-state index contributed by atoms with van der Waals surface area (Å²) in [5.41, 5.74) is 0.912. The van der Waals surface area contributed by atoms with Gasteiger partial charge in [-0.2, -0.15) is 0 Å². The van der Waals surface area contributed by atoms with E-state index in [9.17, 15) is 0 Å². The number of hydrogen-bond acceptors (Lipinski definition) is 1. The van der Waals surface area contributed by atoms with Crippen molar-refractivity contribution >= 4 is 39.2 Å². The highest BCUT2D eigenvalue weighted by molar-refractivity contribution is 14.1. The first-order valence-corrected chi connectivity index (χ1v) is 6.98. The van der Waals surface area contributed by atoms with Crippen LogP contribution in [-0.2, 0) is 0 Å². The lowest BCUT2D eigenvalue weighted by Crippen LogP contribution is -1.89. The highest BCUT2D eigenvalue weighted by Crippen LogP contribution is 2.35. The van der Waals surface area contributed by atoms with Crippen LogP contribution in [0.2, 0.25) is 0 Å². The van der Waals surface area contributed by atoms with Crippen molar-refractivity contribution < 1.29 is 4.74 Å². The summed E-state index contributed by atoms with van der Waals surface area (Å²) in [4.78, 5) is 0. The van der Waals surface area contributed by atoms with E-state index in [1.165, 1.54) is 0 Å². The molecule has 0 aliphatic rings. The van der Waals surface area contributed by atoms with Crippen molar-refractivity contribution in [1.82, 2.24) is 0 Å². The van der Waals surface area contributed by atoms with Gasteiger partial charge in [-0.25, -0.2) is 0 Å². The van der Waals surface area contributed by atoms with Crippen LogP contribution in [0.3, 0.4) is 0 Å². The second kappa shape index (κ2) is 6.25. The SMILES string of the molecule is C/C(I)=C(\Cl)c1ccccc1Oc1ccccc1. The minimum absolute atomic E-state index is 0.724. The van der Waals surface area contributed by atoms with Crippen molar-refractivity contribution in [3.05, 3.63) is 63.7 Å². The minimum Gasteiger partial charge on any atom is -0.457 e. The molecule has 0 atom stereocenters. The van der Waals surface area contributed by atoms with Gasteiger partial charge in [0.1, 0.15) is 11.5 Å². The second-order valence-corrected chi connectivity index (χ2v) is 5.75. The van der Waals surface area contributed by atoms with Crippen LogP contribution in [-0.4, -0.2) is 0 Å². The molecule has 0 aliphatic carbocycles. The highest BCUT2D eigenvalue weighted by atomic mass is 127. The van der Waals surface area contributed by atoms with Crippen molar-refractivity contribution in [3.8, 4) is 11.5 Å². The topological polar surface area (TPSA) is 9.23 Å². The Hall–Kier alpha value is -1.00. The molecule has 0 amide bonds. The Kier molecular flexibility index (Phi) is 4.66. The lowest BCUT2D eigenvalue weighted by atomic mass is 10.2. The molecule has 2 aromatic carbocycles. The fraction of sp³-hybridized carbons (Fsp3) is 0.0667. The average molecular weight is 371 g/mol. The van der Waals surface area contributed by atoms with Gasteiger partial charge in [0.15, 0.2) is 0 Å². The Morgan fingerprint density at radius 2 is 1.61 bits per heavy atom. The van der Waals surface area contributed by atoms with E-state index in [1.807, 2.05) is 61.5 Å². The van der Waals surface area contributed by atoms with Crippen LogP contribution >= 0.6 is 34.2 Å². The molecule has 0 saturated heterocycles. The molecule has 0 bridgehead atoms. The van der Waals surface area contributed by atoms with Crippen molar-refractivity contribution in [1.29, 1.82) is 0 Å². The number of ether oxygens (including phenoxy) is 1. The molecule has 0 radical (unpaired) electrons. The molecule has 0 N–H and O–H groups in total. The normalized spacial score (nSPS) is 11.9. The standard InChI is InChI=1S/C15H12ClIO/c1-11(17)15(16)13-9-5-6-10-14(13)18-12-7-3-2-4-8-12/h2-10H,1H3/b15-11+. The zero-order chi connectivity index (χ0) is 13.0. The molecule has 0 spiro atoms. The van der Waals surface area contributed by atoms with E-state index >= 15 is 0 Å². The van der Waals surface area contributed by atoms with Crippen LogP contribution in [0, 0.1) is 0 Å². The number of benzene rings is 2. The van der Waals surface area contributed by atoms with E-state index in [1.54, 1.807) is 0 Å². The molecule has 2 rings (SSSR count). The van der Waals surface area contributed by atoms with Crippen molar-refractivity contribution in [2.45, 2.75) is 6.92 Å². The van der Waals surface area contributed by atoms with Gasteiger partial charge < -0.3 is 4.74 Å². The molecule has 0 saturated carbocycles. The molecule has 0 aromatic heterocycles. The van der Waals surface area contributed by atoms with Crippen LogP contribution in [0.25, 0.3) is 5.03 Å². The van der Waals surface area contributed by atoms with Gasteiger partial charge in [-0.1, -0.05) is 41.9 Å². The van der Waals surface area contributed by atoms with Crippen LogP contribution in [0.1, 0.15) is 12.5 Å². The third-order valence-corrected chi connectivity index (χ3v) is 3.74. The zero-order valence-corrected chi connectivity index (χ0v) is 12.8. The van der Waals surface area contributed by atoms with Crippen LogP contribution < -0.4 is 4.74 Å². The number of allylic oxidation sites excluding steroid dienone is 1. The monoisotopic (exact) mass is 370 g/mol. The van der Waals surface area contributed by atoms with Gasteiger partial charge in [-0.15, -0.1) is 0 Å². The first kappa shape index (κ1) is 13.4. The fourth-order valence-electron chi connectivity index (χ4n) is 1.54. The van der Waals surface area contributed by atoms with E-state index in [-0.39, 0.29) is 0 Å². The summed E-state index contributed by atoms with van der Waals surface area (Å²) >= 11 is 8.52. The molecule has 1 nitrogen and oxygen atoms in total. The van der Waals surface area contributed by atoms with Gasteiger partial charge in [0.2, 0.25) is 0 Å². The Balaban J connectivity index is 2.38. The summed E-state index contributed by atoms with van der Waals surface area (Å²) in [5, 5.41) is 0.724. The van der Waals surface area contributed by atoms with Crippen molar-refractivity contribution in [2.24, 2.45) is 0 Å². The number of halogens is 2. The third-order valence-electron chi connectivity index (χ3n) is 2.40. The molecular weight excluding hydrogens is 359 g/mol. The van der Waals surface area contributed by atoms with Gasteiger partial charge in [-0.05, 0) is 53.8 Å². The van der Waals surface area contributed by atoms with E-state index in [2.05, 4.69) is 22.6 Å². The smallest absolute Gasteiger partial charge is 0.136 e. The van der Waals surface area contributed by atoms with Crippen molar-refractivity contribution in [2.75, 3.05) is 0 Å². The van der Waals surface area contributed by atoms with Gasteiger partial charge in [0.05, 0.1) is 5.03 Å². The third kappa shape index (κ3) is 3.27. The maximum absolute atomic E-state index is 6.30. The highest BCUT2D eigenvalue weighted by Gasteiger charge is 2.09. The van der Waals surface area contributed by atoms with Crippen LogP contribution in [0.4, 0.5) is 0 Å². The predicted molar refractivity (Wildman–Crippen MR) is 85.4 cm³/mol. The van der Waals surface area contributed by atoms with Crippen LogP contribution in [0.5, 0.6) is 11.5 Å². The lowest BCUT2D eigenvalue weighted by molar-refractivity contribution is 0.481. The lowest BCUT2D eigenvalue weighted by Gasteiger charge is -2.11. The maximum Gasteiger partial charge on any atom is 0.136 e. The minimum atomic E-state index is 0.724. The molecule has 18 heavy (non-hydrogen) atoms. The predicted octanol–water partition coefficient (Wildman–Crippen LogP) is 5.84. The van der Waals surface area contributed by atoms with E-state index in [4.69, 9.17) is 16.3 Å². The molecule has 0 aliphatic heterocycles. The molecule has 0 fully saturated rings. The average Bonchev–Trinajstić information content (AvgIpc) is 2.39. The van der Waals surface area contributed by atoms with Gasteiger partial charge in [0, 0.05) is 9.14 Å². The Labute approximate surface area is 126 Å². The summed E-state index contributed by atoms with van der Waals surface area (Å²) < 4.78 is 6.90. The van der Waals surface area contributed by atoms with Gasteiger partial charge in [-0.3, -0.25) is 0 Å². The number of rotatable bonds is 3.